The molecule has 0 atom stereocenters. The standard InChI is InChI=1S/C30H36N2O/c1-22-19-23(2)29(24(3)20-22)31-30(33)32(27-16-9-4-5-10-17-27)21-26-15-11-12-18-28(26)25-13-7-6-8-14-25/h6-8,11-15,18-20,27H,4-5,9-10,16-17,21H2,1-3H3,(H,31,33). The van der Waals surface area contributed by atoms with Gasteiger partial charge in [0.05, 0.1) is 0 Å². The van der Waals surface area contributed by atoms with Crippen molar-refractivity contribution in [2.75, 3.05) is 5.32 Å². The first-order valence-corrected chi connectivity index (χ1v) is 12.3. The van der Waals surface area contributed by atoms with Crippen molar-refractivity contribution < 1.29 is 4.79 Å². The Morgan fingerprint density at radius 1 is 0.848 bits per heavy atom. The fourth-order valence-corrected chi connectivity index (χ4v) is 5.23. The van der Waals surface area contributed by atoms with Gasteiger partial charge in [0.1, 0.15) is 0 Å². The number of nitrogens with zero attached hydrogens (tertiary/aromatic N) is 1. The van der Waals surface area contributed by atoms with Crippen LogP contribution in [0, 0.1) is 20.8 Å². The number of anilines is 1. The number of urea groups is 1. The molecule has 1 aliphatic rings. The van der Waals surface area contributed by atoms with Crippen LogP contribution in [0.5, 0.6) is 0 Å². The van der Waals surface area contributed by atoms with Gasteiger partial charge in [0.15, 0.2) is 0 Å². The molecule has 2 amide bonds. The van der Waals surface area contributed by atoms with Gasteiger partial charge in [0.2, 0.25) is 0 Å². The van der Waals surface area contributed by atoms with Crippen LogP contribution in [-0.2, 0) is 6.54 Å². The van der Waals surface area contributed by atoms with Gasteiger partial charge in [0, 0.05) is 18.3 Å². The summed E-state index contributed by atoms with van der Waals surface area (Å²) in [6.45, 7) is 6.88. The van der Waals surface area contributed by atoms with E-state index in [2.05, 4.69) is 91.7 Å². The minimum atomic E-state index is 0.0137. The number of carbonyl (C=O) groups is 1. The Kier molecular flexibility index (Phi) is 7.49. The third-order valence-electron chi connectivity index (χ3n) is 6.88. The molecule has 3 aromatic rings. The van der Waals surface area contributed by atoms with Gasteiger partial charge in [-0.05, 0) is 61.4 Å². The summed E-state index contributed by atoms with van der Waals surface area (Å²) in [5.41, 5.74) is 7.99. The van der Waals surface area contributed by atoms with Gasteiger partial charge >= 0.3 is 6.03 Å². The highest BCUT2D eigenvalue weighted by molar-refractivity contribution is 5.91. The number of hydrogen-bond donors (Lipinski definition) is 1. The van der Waals surface area contributed by atoms with Crippen molar-refractivity contribution in [2.24, 2.45) is 0 Å². The van der Waals surface area contributed by atoms with Crippen LogP contribution in [0.15, 0.2) is 66.7 Å². The maximum absolute atomic E-state index is 13.8. The third-order valence-corrected chi connectivity index (χ3v) is 6.88. The molecule has 3 aromatic carbocycles. The van der Waals surface area contributed by atoms with Crippen molar-refractivity contribution in [2.45, 2.75) is 71.9 Å². The summed E-state index contributed by atoms with van der Waals surface area (Å²) >= 11 is 0. The second-order valence-corrected chi connectivity index (χ2v) is 9.50. The average Bonchev–Trinajstić information content (AvgIpc) is 3.10. The predicted octanol–water partition coefficient (Wildman–Crippen LogP) is 8.04. The summed E-state index contributed by atoms with van der Waals surface area (Å²) in [6, 6.07) is 23.6. The van der Waals surface area contributed by atoms with Gasteiger partial charge in [0.25, 0.3) is 0 Å². The van der Waals surface area contributed by atoms with Crippen molar-refractivity contribution in [3.63, 3.8) is 0 Å². The van der Waals surface area contributed by atoms with E-state index in [0.29, 0.717) is 6.54 Å². The molecule has 0 aromatic heterocycles. The molecule has 0 aliphatic heterocycles. The summed E-state index contributed by atoms with van der Waals surface area (Å²) in [4.78, 5) is 15.9. The predicted molar refractivity (Wildman–Crippen MR) is 139 cm³/mol. The van der Waals surface area contributed by atoms with Gasteiger partial charge < -0.3 is 10.2 Å². The lowest BCUT2D eigenvalue weighted by molar-refractivity contribution is 0.175. The first kappa shape index (κ1) is 23.1. The SMILES string of the molecule is Cc1cc(C)c(NC(=O)N(Cc2ccccc2-c2ccccc2)C2CCCCCC2)c(C)c1. The van der Waals surface area contributed by atoms with Crippen LogP contribution in [0.25, 0.3) is 11.1 Å². The lowest BCUT2D eigenvalue weighted by Crippen LogP contribution is -2.42. The summed E-state index contributed by atoms with van der Waals surface area (Å²) in [6.07, 6.45) is 7.07. The fraction of sp³-hybridized carbons (Fsp3) is 0.367. The first-order valence-electron chi connectivity index (χ1n) is 12.3. The van der Waals surface area contributed by atoms with E-state index in [1.807, 2.05) is 6.07 Å². The lowest BCUT2D eigenvalue weighted by atomic mass is 9.98. The lowest BCUT2D eigenvalue weighted by Gasteiger charge is -2.32. The molecule has 3 nitrogen and oxygen atoms in total. The molecule has 4 rings (SSSR count). The Labute approximate surface area is 198 Å². The largest absolute Gasteiger partial charge is 0.322 e. The number of carbonyl (C=O) groups excluding carboxylic acids is 1. The number of aryl methyl sites for hydroxylation is 3. The quantitative estimate of drug-likeness (QED) is 0.400. The number of rotatable bonds is 5. The number of amides is 2. The molecule has 0 unspecified atom stereocenters. The van der Waals surface area contributed by atoms with Gasteiger partial charge in [-0.3, -0.25) is 0 Å². The van der Waals surface area contributed by atoms with E-state index >= 15 is 0 Å². The maximum atomic E-state index is 13.8. The minimum Gasteiger partial charge on any atom is -0.317 e. The molecule has 1 N–H and O–H groups in total. The topological polar surface area (TPSA) is 32.3 Å². The van der Waals surface area contributed by atoms with E-state index in [1.54, 1.807) is 0 Å². The second kappa shape index (κ2) is 10.7. The van der Waals surface area contributed by atoms with Gasteiger partial charge in [-0.1, -0.05) is 98.0 Å². The molecule has 1 saturated carbocycles. The van der Waals surface area contributed by atoms with Crippen LogP contribution in [-0.4, -0.2) is 17.0 Å². The normalized spacial score (nSPS) is 14.5. The molecule has 0 radical (unpaired) electrons. The summed E-state index contributed by atoms with van der Waals surface area (Å²) < 4.78 is 0. The molecule has 0 heterocycles. The van der Waals surface area contributed by atoms with Crippen molar-refractivity contribution in [1.29, 1.82) is 0 Å². The van der Waals surface area contributed by atoms with Gasteiger partial charge in [-0.15, -0.1) is 0 Å². The second-order valence-electron chi connectivity index (χ2n) is 9.50. The zero-order chi connectivity index (χ0) is 23.2. The molecule has 0 saturated heterocycles. The third kappa shape index (κ3) is 5.65. The van der Waals surface area contributed by atoms with Crippen molar-refractivity contribution in [1.82, 2.24) is 4.90 Å². The van der Waals surface area contributed by atoms with Crippen molar-refractivity contribution in [3.05, 3.63) is 89.0 Å². The molecule has 172 valence electrons. The van der Waals surface area contributed by atoms with Gasteiger partial charge in [-0.25, -0.2) is 4.79 Å². The maximum Gasteiger partial charge on any atom is 0.322 e. The summed E-state index contributed by atoms with van der Waals surface area (Å²) in [7, 11) is 0. The average molecular weight is 441 g/mol. The number of benzene rings is 3. The summed E-state index contributed by atoms with van der Waals surface area (Å²) in [5.74, 6) is 0. The highest BCUT2D eigenvalue weighted by Crippen LogP contribution is 2.30. The van der Waals surface area contributed by atoms with Crippen LogP contribution >= 0.6 is 0 Å². The Morgan fingerprint density at radius 2 is 1.45 bits per heavy atom. The van der Waals surface area contributed by atoms with Crippen LogP contribution in [0.4, 0.5) is 10.5 Å². The first-order chi connectivity index (χ1) is 16.0. The van der Waals surface area contributed by atoms with Crippen LogP contribution < -0.4 is 5.32 Å². The Hall–Kier alpha value is -3.07. The van der Waals surface area contributed by atoms with E-state index in [0.717, 1.165) is 29.7 Å². The van der Waals surface area contributed by atoms with Crippen LogP contribution in [0.3, 0.4) is 0 Å². The van der Waals surface area contributed by atoms with E-state index in [1.165, 1.54) is 47.9 Å². The van der Waals surface area contributed by atoms with Crippen molar-refractivity contribution >= 4 is 11.7 Å². The van der Waals surface area contributed by atoms with Crippen LogP contribution in [0.1, 0.15) is 60.8 Å². The van der Waals surface area contributed by atoms with E-state index in [9.17, 15) is 4.79 Å². The molecule has 0 bridgehead atoms. The Morgan fingerprint density at radius 3 is 2.12 bits per heavy atom. The molecule has 1 aliphatic carbocycles. The molecular weight excluding hydrogens is 404 g/mol. The van der Waals surface area contributed by atoms with E-state index in [4.69, 9.17) is 0 Å². The smallest absolute Gasteiger partial charge is 0.317 e. The minimum absolute atomic E-state index is 0.0137. The molecule has 1 fully saturated rings. The highest BCUT2D eigenvalue weighted by Gasteiger charge is 2.26. The van der Waals surface area contributed by atoms with Crippen LogP contribution in [0.2, 0.25) is 0 Å². The molecule has 0 spiro atoms. The molecule has 3 heteroatoms. The Balaban J connectivity index is 1.66. The van der Waals surface area contributed by atoms with E-state index < -0.39 is 0 Å². The number of hydrogen-bond acceptors (Lipinski definition) is 1. The monoisotopic (exact) mass is 440 g/mol. The Bertz CT molecular complexity index is 1060. The fourth-order valence-electron chi connectivity index (χ4n) is 5.23. The zero-order valence-electron chi connectivity index (χ0n) is 20.2. The summed E-state index contributed by atoms with van der Waals surface area (Å²) in [5, 5.41) is 3.29. The van der Waals surface area contributed by atoms with Crippen molar-refractivity contribution in [3.8, 4) is 11.1 Å². The molecular formula is C30H36N2O. The number of nitrogens with one attached hydrogen (secondary N) is 1. The zero-order valence-corrected chi connectivity index (χ0v) is 20.2. The highest BCUT2D eigenvalue weighted by atomic mass is 16.2. The molecule has 33 heavy (non-hydrogen) atoms. The van der Waals surface area contributed by atoms with Gasteiger partial charge in [-0.2, -0.15) is 0 Å². The van der Waals surface area contributed by atoms with E-state index in [-0.39, 0.29) is 12.1 Å².